The summed E-state index contributed by atoms with van der Waals surface area (Å²) in [6.07, 6.45) is 1.13. The summed E-state index contributed by atoms with van der Waals surface area (Å²) in [6.45, 7) is 1.72. The van der Waals surface area contributed by atoms with Crippen LogP contribution in [0.5, 0.6) is 0 Å². The molecule has 0 fully saturated rings. The van der Waals surface area contributed by atoms with Crippen molar-refractivity contribution in [3.05, 3.63) is 16.7 Å². The van der Waals surface area contributed by atoms with Gasteiger partial charge < -0.3 is 20.5 Å². The number of aliphatic hydroxyl groups excluding tert-OH is 1. The van der Waals surface area contributed by atoms with E-state index in [1.54, 1.807) is 20.2 Å². The highest BCUT2D eigenvalue weighted by atomic mass is 79.9. The van der Waals surface area contributed by atoms with Gasteiger partial charge in [0.15, 0.2) is 6.29 Å². The lowest BCUT2D eigenvalue weighted by atomic mass is 10.2. The number of rotatable bonds is 5. The quantitative estimate of drug-likeness (QED) is 0.711. The van der Waals surface area contributed by atoms with Crippen molar-refractivity contribution in [2.45, 2.75) is 19.1 Å². The third kappa shape index (κ3) is 3.18. The first kappa shape index (κ1) is 12.9. The molecule has 16 heavy (non-hydrogen) atoms. The Balaban J connectivity index is 2.86. The highest BCUT2D eigenvalue weighted by molar-refractivity contribution is 9.10. The molecule has 1 heterocycles. The molecule has 0 amide bonds. The van der Waals surface area contributed by atoms with Gasteiger partial charge in [0.05, 0.1) is 11.7 Å². The summed E-state index contributed by atoms with van der Waals surface area (Å²) >= 11 is 3.31. The first-order valence-corrected chi connectivity index (χ1v) is 5.61. The molecule has 0 bridgehead atoms. The lowest BCUT2D eigenvalue weighted by Crippen LogP contribution is -2.32. The number of carbonyl (C=O) groups is 1. The molecule has 0 aliphatic rings. The lowest BCUT2D eigenvalue weighted by Gasteiger charge is -2.19. The fraction of sp³-hybridized carbons (Fsp3) is 0.400. The van der Waals surface area contributed by atoms with Crippen LogP contribution < -0.4 is 10.6 Å². The number of aromatic nitrogens is 1. The van der Waals surface area contributed by atoms with Gasteiger partial charge in [0, 0.05) is 17.7 Å². The molecule has 2 atom stereocenters. The zero-order chi connectivity index (χ0) is 12.1. The van der Waals surface area contributed by atoms with E-state index in [9.17, 15) is 9.90 Å². The maximum Gasteiger partial charge on any atom is 0.150 e. The van der Waals surface area contributed by atoms with Gasteiger partial charge in [0.2, 0.25) is 0 Å². The van der Waals surface area contributed by atoms with Gasteiger partial charge in [-0.1, -0.05) is 0 Å². The number of anilines is 2. The van der Waals surface area contributed by atoms with Gasteiger partial charge in [-0.15, -0.1) is 0 Å². The zero-order valence-electron chi connectivity index (χ0n) is 9.07. The molecular weight excluding hydrogens is 274 g/mol. The molecule has 3 N–H and O–H groups in total. The van der Waals surface area contributed by atoms with Crippen LogP contribution in [0.4, 0.5) is 11.5 Å². The van der Waals surface area contributed by atoms with Gasteiger partial charge in [-0.3, -0.25) is 0 Å². The fourth-order valence-electron chi connectivity index (χ4n) is 1.20. The second-order valence-corrected chi connectivity index (χ2v) is 4.28. The third-order valence-electron chi connectivity index (χ3n) is 2.13. The average molecular weight is 288 g/mol. The molecule has 1 aromatic heterocycles. The maximum atomic E-state index is 10.4. The van der Waals surface area contributed by atoms with Crippen molar-refractivity contribution < 1.29 is 9.90 Å². The molecule has 1 rings (SSSR count). The first-order chi connectivity index (χ1) is 7.58. The van der Waals surface area contributed by atoms with E-state index >= 15 is 0 Å². The molecule has 0 radical (unpaired) electrons. The van der Waals surface area contributed by atoms with Gasteiger partial charge in [0.25, 0.3) is 0 Å². The molecule has 0 aliphatic carbocycles. The molecule has 0 saturated heterocycles. The summed E-state index contributed by atoms with van der Waals surface area (Å²) in [6, 6.07) is 1.45. The molecule has 6 heteroatoms. The third-order valence-corrected chi connectivity index (χ3v) is 2.56. The SMILES string of the molecule is CNc1ncc(Br)cc1NC(C)C(O)C=O. The minimum Gasteiger partial charge on any atom is -0.383 e. The monoisotopic (exact) mass is 287 g/mol. The number of aliphatic hydroxyl groups is 1. The Labute approximate surface area is 102 Å². The van der Waals surface area contributed by atoms with Crippen LogP contribution in [0, 0.1) is 0 Å². The van der Waals surface area contributed by atoms with E-state index < -0.39 is 6.10 Å². The summed E-state index contributed by atoms with van der Waals surface area (Å²) < 4.78 is 0.821. The second kappa shape index (κ2) is 5.81. The van der Waals surface area contributed by atoms with Crippen LogP contribution in [0.15, 0.2) is 16.7 Å². The predicted octanol–water partition coefficient (Wildman–Crippen LogP) is 1.25. The Hall–Kier alpha value is -1.14. The summed E-state index contributed by atoms with van der Waals surface area (Å²) in [5.41, 5.74) is 0.727. The van der Waals surface area contributed by atoms with Gasteiger partial charge in [-0.05, 0) is 28.9 Å². The van der Waals surface area contributed by atoms with Crippen LogP contribution in [-0.4, -0.2) is 35.6 Å². The topological polar surface area (TPSA) is 74.2 Å². The molecule has 1 aromatic rings. The van der Waals surface area contributed by atoms with Crippen molar-refractivity contribution in [1.29, 1.82) is 0 Å². The van der Waals surface area contributed by atoms with Gasteiger partial charge in [-0.25, -0.2) is 4.98 Å². The van der Waals surface area contributed by atoms with Crippen LogP contribution in [0.2, 0.25) is 0 Å². The Kier molecular flexibility index (Phi) is 4.70. The van der Waals surface area contributed by atoms with Crippen LogP contribution in [0.3, 0.4) is 0 Å². The van der Waals surface area contributed by atoms with Crippen LogP contribution in [-0.2, 0) is 4.79 Å². The summed E-state index contributed by atoms with van der Waals surface area (Å²) in [4.78, 5) is 14.6. The van der Waals surface area contributed by atoms with Gasteiger partial charge in [0.1, 0.15) is 11.9 Å². The maximum absolute atomic E-state index is 10.4. The van der Waals surface area contributed by atoms with Crippen molar-refractivity contribution in [2.24, 2.45) is 0 Å². The summed E-state index contributed by atoms with van der Waals surface area (Å²) in [5.74, 6) is 0.660. The standard InChI is InChI=1S/C10H14BrN3O2/c1-6(9(16)5-15)14-8-3-7(11)4-13-10(8)12-2/h3-6,9,14,16H,1-2H3,(H,12,13). The molecule has 0 spiro atoms. The van der Waals surface area contributed by atoms with Crippen molar-refractivity contribution in [3.63, 3.8) is 0 Å². The second-order valence-electron chi connectivity index (χ2n) is 3.36. The Morgan fingerprint density at radius 3 is 2.88 bits per heavy atom. The minimum atomic E-state index is -1.04. The normalized spacial score (nSPS) is 14.0. The summed E-state index contributed by atoms with van der Waals surface area (Å²) in [5, 5.41) is 15.3. The van der Waals surface area contributed by atoms with Crippen LogP contribution >= 0.6 is 15.9 Å². The number of hydrogen-bond donors (Lipinski definition) is 3. The van der Waals surface area contributed by atoms with Crippen molar-refractivity contribution in [3.8, 4) is 0 Å². The van der Waals surface area contributed by atoms with Gasteiger partial charge in [-0.2, -0.15) is 0 Å². The number of halogens is 1. The van der Waals surface area contributed by atoms with E-state index in [-0.39, 0.29) is 6.04 Å². The number of pyridine rings is 1. The number of nitrogens with one attached hydrogen (secondary N) is 2. The highest BCUT2D eigenvalue weighted by Crippen LogP contribution is 2.23. The molecule has 0 aliphatic heterocycles. The molecule has 88 valence electrons. The lowest BCUT2D eigenvalue weighted by molar-refractivity contribution is -0.115. The fourth-order valence-corrected chi connectivity index (χ4v) is 1.53. The molecular formula is C10H14BrN3O2. The predicted molar refractivity (Wildman–Crippen MR) is 66.6 cm³/mol. The van der Waals surface area contributed by atoms with Crippen LogP contribution in [0.25, 0.3) is 0 Å². The van der Waals surface area contributed by atoms with E-state index in [0.717, 1.165) is 10.2 Å². The Morgan fingerprint density at radius 1 is 1.62 bits per heavy atom. The van der Waals surface area contributed by atoms with E-state index in [2.05, 4.69) is 31.5 Å². The number of hydrogen-bond acceptors (Lipinski definition) is 5. The highest BCUT2D eigenvalue weighted by Gasteiger charge is 2.14. The Morgan fingerprint density at radius 2 is 2.31 bits per heavy atom. The molecule has 0 aromatic carbocycles. The van der Waals surface area contributed by atoms with E-state index in [1.165, 1.54) is 0 Å². The van der Waals surface area contributed by atoms with E-state index in [0.29, 0.717) is 12.1 Å². The molecule has 0 saturated carbocycles. The molecule has 5 nitrogen and oxygen atoms in total. The van der Waals surface area contributed by atoms with Gasteiger partial charge >= 0.3 is 0 Å². The van der Waals surface area contributed by atoms with Crippen molar-refractivity contribution in [2.75, 3.05) is 17.7 Å². The van der Waals surface area contributed by atoms with Crippen molar-refractivity contribution in [1.82, 2.24) is 4.98 Å². The zero-order valence-corrected chi connectivity index (χ0v) is 10.7. The number of carbonyl (C=O) groups excluding carboxylic acids is 1. The summed E-state index contributed by atoms with van der Waals surface area (Å²) in [7, 11) is 1.75. The molecule has 2 unspecified atom stereocenters. The van der Waals surface area contributed by atoms with E-state index in [4.69, 9.17) is 0 Å². The number of aldehydes is 1. The largest absolute Gasteiger partial charge is 0.383 e. The first-order valence-electron chi connectivity index (χ1n) is 4.81. The van der Waals surface area contributed by atoms with Crippen molar-refractivity contribution >= 4 is 33.7 Å². The smallest absolute Gasteiger partial charge is 0.150 e. The minimum absolute atomic E-state index is 0.374. The Bertz CT molecular complexity index is 373. The van der Waals surface area contributed by atoms with Crippen LogP contribution in [0.1, 0.15) is 6.92 Å². The van der Waals surface area contributed by atoms with E-state index in [1.807, 2.05) is 6.07 Å². The average Bonchev–Trinajstić information content (AvgIpc) is 2.28. The number of nitrogens with zero attached hydrogens (tertiary/aromatic N) is 1.